The first-order valence-electron chi connectivity index (χ1n) is 4.67. The lowest BCUT2D eigenvalue weighted by molar-refractivity contribution is 0.215. The van der Waals surface area contributed by atoms with Crippen molar-refractivity contribution in [2.45, 2.75) is 19.5 Å². The van der Waals surface area contributed by atoms with Gasteiger partial charge in [0.1, 0.15) is 17.7 Å². The third-order valence-corrected chi connectivity index (χ3v) is 1.43. The van der Waals surface area contributed by atoms with Gasteiger partial charge < -0.3 is 5.32 Å². The van der Waals surface area contributed by atoms with Crippen LogP contribution in [-0.4, -0.2) is 17.0 Å². The lowest BCUT2D eigenvalue weighted by atomic mass is 10.1. The largest absolute Gasteiger partial charge is 0.385 e. The highest BCUT2D eigenvalue weighted by Crippen LogP contribution is 2.27. The summed E-state index contributed by atoms with van der Waals surface area (Å²) >= 11 is 0. The van der Waals surface area contributed by atoms with E-state index in [-0.39, 0.29) is 11.4 Å². The van der Waals surface area contributed by atoms with Gasteiger partial charge in [0.05, 0.1) is 11.9 Å². The van der Waals surface area contributed by atoms with E-state index in [9.17, 15) is 4.39 Å². The quantitative estimate of drug-likeness (QED) is 0.736. The maximum Gasteiger partial charge on any atom is 0.149 e. The molecule has 1 aromatic heterocycles. The highest BCUT2D eigenvalue weighted by molar-refractivity contribution is 5.47. The molecule has 0 spiro atoms. The van der Waals surface area contributed by atoms with Crippen molar-refractivity contribution in [1.29, 1.82) is 0 Å². The van der Waals surface area contributed by atoms with E-state index in [2.05, 4.69) is 15.3 Å². The molecule has 1 heterocycles. The van der Waals surface area contributed by atoms with Gasteiger partial charge in [-0.1, -0.05) is 0 Å². The molecule has 1 aromatic rings. The molecule has 1 rings (SSSR count). The molecule has 0 saturated heterocycles. The standard InChI is InChI=1S/C8H12FN3/c1-8(2,9)7-6(10-3)4-11-5-12-7/h4-5,10H,1-3H3/i3D2. The Morgan fingerprint density at radius 1 is 1.67 bits per heavy atom. The molecule has 0 bridgehead atoms. The molecule has 0 aromatic carbocycles. The molecule has 0 atom stereocenters. The average Bonchev–Trinajstić information content (AvgIpc) is 2.01. The summed E-state index contributed by atoms with van der Waals surface area (Å²) in [6, 6.07) is 0. The lowest BCUT2D eigenvalue weighted by Crippen LogP contribution is -2.14. The summed E-state index contributed by atoms with van der Waals surface area (Å²) in [6.07, 6.45) is 2.60. The Hall–Kier alpha value is -1.19. The van der Waals surface area contributed by atoms with E-state index in [4.69, 9.17) is 2.74 Å². The Bertz CT molecular complexity index is 312. The topological polar surface area (TPSA) is 37.8 Å². The third kappa shape index (κ3) is 1.69. The maximum atomic E-state index is 13.6. The molecule has 0 unspecified atom stereocenters. The summed E-state index contributed by atoms with van der Waals surface area (Å²) in [4.78, 5) is 7.49. The van der Waals surface area contributed by atoms with Crippen LogP contribution in [0.4, 0.5) is 10.1 Å². The molecule has 0 fully saturated rings. The molecule has 0 amide bonds. The minimum atomic E-state index is -1.61. The van der Waals surface area contributed by atoms with Crippen LogP contribution in [0.5, 0.6) is 0 Å². The fourth-order valence-electron chi connectivity index (χ4n) is 0.909. The van der Waals surface area contributed by atoms with Crippen LogP contribution in [0.2, 0.25) is 0 Å². The molecule has 1 N–H and O–H groups in total. The number of rotatable bonds is 2. The van der Waals surface area contributed by atoms with Gasteiger partial charge >= 0.3 is 0 Å². The van der Waals surface area contributed by atoms with Crippen molar-refractivity contribution < 1.29 is 7.13 Å². The molecule has 0 aliphatic carbocycles. The number of anilines is 1. The highest BCUT2D eigenvalue weighted by Gasteiger charge is 2.23. The first-order valence-corrected chi connectivity index (χ1v) is 3.51. The summed E-state index contributed by atoms with van der Waals surface area (Å²) in [5.41, 5.74) is -1.16. The molecule has 0 aliphatic heterocycles. The van der Waals surface area contributed by atoms with Gasteiger partial charge in [-0.3, -0.25) is 0 Å². The lowest BCUT2D eigenvalue weighted by Gasteiger charge is -2.16. The Kier molecular flexibility index (Phi) is 1.61. The van der Waals surface area contributed by atoms with Crippen LogP contribution >= 0.6 is 0 Å². The van der Waals surface area contributed by atoms with E-state index < -0.39 is 12.7 Å². The SMILES string of the molecule is [2H]C([2H])Nc1cncnc1C(C)(C)F. The van der Waals surface area contributed by atoms with Gasteiger partial charge in [-0.15, -0.1) is 0 Å². The predicted molar refractivity (Wildman–Crippen MR) is 45.7 cm³/mol. The van der Waals surface area contributed by atoms with Crippen molar-refractivity contribution in [3.8, 4) is 0 Å². The minimum Gasteiger partial charge on any atom is -0.385 e. The summed E-state index contributed by atoms with van der Waals surface area (Å²) in [5.74, 6) is 0. The zero-order valence-corrected chi connectivity index (χ0v) is 7.00. The normalized spacial score (nSPS) is 14.0. The minimum absolute atomic E-state index is 0.164. The molecule has 0 saturated carbocycles. The van der Waals surface area contributed by atoms with Gasteiger partial charge in [0.15, 0.2) is 0 Å². The van der Waals surface area contributed by atoms with Gasteiger partial charge in [0.25, 0.3) is 0 Å². The molecule has 12 heavy (non-hydrogen) atoms. The zero-order valence-electron chi connectivity index (χ0n) is 9.00. The van der Waals surface area contributed by atoms with Gasteiger partial charge in [0, 0.05) is 9.74 Å². The van der Waals surface area contributed by atoms with Gasteiger partial charge in [-0.2, -0.15) is 0 Å². The zero-order chi connectivity index (χ0) is 10.8. The predicted octanol–water partition coefficient (Wildman–Crippen LogP) is 1.72. The van der Waals surface area contributed by atoms with Crippen molar-refractivity contribution in [1.82, 2.24) is 9.97 Å². The van der Waals surface area contributed by atoms with Crippen LogP contribution in [-0.2, 0) is 5.67 Å². The van der Waals surface area contributed by atoms with E-state index in [1.54, 1.807) is 0 Å². The number of hydrogen-bond acceptors (Lipinski definition) is 3. The van der Waals surface area contributed by atoms with Crippen LogP contribution in [0.3, 0.4) is 0 Å². The van der Waals surface area contributed by atoms with Crippen LogP contribution < -0.4 is 5.32 Å². The second-order valence-electron chi connectivity index (χ2n) is 2.90. The fraction of sp³-hybridized carbons (Fsp3) is 0.500. The number of alkyl halides is 1. The molecular formula is C8H12FN3. The number of hydrogen-bond donors (Lipinski definition) is 1. The molecule has 66 valence electrons. The summed E-state index contributed by atoms with van der Waals surface area (Å²) in [5, 5.41) is 2.45. The Labute approximate surface area is 73.9 Å². The first kappa shape index (κ1) is 6.34. The monoisotopic (exact) mass is 171 g/mol. The van der Waals surface area contributed by atoms with Crippen molar-refractivity contribution in [3.05, 3.63) is 18.2 Å². The molecule has 0 radical (unpaired) electrons. The molecule has 0 aliphatic rings. The van der Waals surface area contributed by atoms with E-state index in [1.165, 1.54) is 26.4 Å². The number of aromatic nitrogens is 2. The summed E-state index contributed by atoms with van der Waals surface area (Å²) < 4.78 is 27.6. The second-order valence-corrected chi connectivity index (χ2v) is 2.90. The Balaban J connectivity index is 3.04. The first-order chi connectivity index (χ1) is 6.41. The van der Waals surface area contributed by atoms with Crippen LogP contribution in [0, 0.1) is 0 Å². The number of nitrogens with one attached hydrogen (secondary N) is 1. The Morgan fingerprint density at radius 3 is 3.00 bits per heavy atom. The van der Waals surface area contributed by atoms with Crippen molar-refractivity contribution in [2.75, 3.05) is 12.3 Å². The van der Waals surface area contributed by atoms with E-state index in [0.717, 1.165) is 0 Å². The maximum absolute atomic E-state index is 13.6. The summed E-state index contributed by atoms with van der Waals surface area (Å²) in [6.45, 7) is 1.47. The second kappa shape index (κ2) is 3.05. The van der Waals surface area contributed by atoms with Gasteiger partial charge in [-0.05, 0) is 13.8 Å². The van der Waals surface area contributed by atoms with Gasteiger partial charge in [0.2, 0.25) is 0 Å². The number of halogens is 1. The molecular weight excluding hydrogens is 157 g/mol. The fourth-order valence-corrected chi connectivity index (χ4v) is 0.909. The van der Waals surface area contributed by atoms with Crippen LogP contribution in [0.1, 0.15) is 22.3 Å². The third-order valence-electron chi connectivity index (χ3n) is 1.43. The van der Waals surface area contributed by atoms with E-state index in [1.807, 2.05) is 0 Å². The number of nitrogens with zero attached hydrogens (tertiary/aromatic N) is 2. The van der Waals surface area contributed by atoms with Crippen molar-refractivity contribution >= 4 is 5.69 Å². The summed E-state index contributed by atoms with van der Waals surface area (Å²) in [7, 11) is 0. The molecule has 3 nitrogen and oxygen atoms in total. The van der Waals surface area contributed by atoms with Crippen LogP contribution in [0.15, 0.2) is 12.5 Å². The van der Waals surface area contributed by atoms with Gasteiger partial charge in [-0.25, -0.2) is 14.4 Å². The van der Waals surface area contributed by atoms with E-state index in [0.29, 0.717) is 0 Å². The van der Waals surface area contributed by atoms with E-state index >= 15 is 0 Å². The van der Waals surface area contributed by atoms with Crippen molar-refractivity contribution in [2.24, 2.45) is 0 Å². The highest BCUT2D eigenvalue weighted by atomic mass is 19.1. The molecule has 4 heteroatoms. The average molecular weight is 171 g/mol. The van der Waals surface area contributed by atoms with Crippen molar-refractivity contribution in [3.63, 3.8) is 0 Å². The van der Waals surface area contributed by atoms with Crippen LogP contribution in [0.25, 0.3) is 0 Å². The smallest absolute Gasteiger partial charge is 0.149 e. The Morgan fingerprint density at radius 2 is 2.42 bits per heavy atom.